The minimum atomic E-state index is -1.32. The first-order valence-corrected chi connectivity index (χ1v) is 5.20. The van der Waals surface area contributed by atoms with Gasteiger partial charge >= 0.3 is 12.0 Å². The molecular formula is C9H14N4O5. The van der Waals surface area contributed by atoms with E-state index in [9.17, 15) is 9.59 Å². The van der Waals surface area contributed by atoms with Gasteiger partial charge in [0, 0.05) is 19.9 Å². The molecule has 0 radical (unpaired) electrons. The number of aliphatic carboxylic acids is 1. The number of rotatable bonds is 6. The number of aryl methyl sites for hydroxylation is 1. The SMILES string of the molecule is Cc1nc(CCNC(=O)N[C@@H](CO)C(=O)O)no1. The Labute approximate surface area is 102 Å². The van der Waals surface area contributed by atoms with E-state index in [1.165, 1.54) is 0 Å². The maximum absolute atomic E-state index is 11.3. The van der Waals surface area contributed by atoms with Crippen LogP contribution in [0, 0.1) is 6.92 Å². The van der Waals surface area contributed by atoms with E-state index in [0.29, 0.717) is 18.1 Å². The summed E-state index contributed by atoms with van der Waals surface area (Å²) in [5.41, 5.74) is 0. The average Bonchev–Trinajstić information content (AvgIpc) is 2.71. The Morgan fingerprint density at radius 3 is 2.72 bits per heavy atom. The molecule has 1 heterocycles. The van der Waals surface area contributed by atoms with Gasteiger partial charge in [-0.2, -0.15) is 4.98 Å². The number of carboxylic acid groups (broad SMARTS) is 1. The lowest BCUT2D eigenvalue weighted by Gasteiger charge is -2.11. The second kappa shape index (κ2) is 6.55. The first-order chi connectivity index (χ1) is 8.52. The van der Waals surface area contributed by atoms with E-state index in [-0.39, 0.29) is 6.54 Å². The van der Waals surface area contributed by atoms with Gasteiger partial charge in [0.1, 0.15) is 0 Å². The fourth-order valence-electron chi connectivity index (χ4n) is 1.13. The van der Waals surface area contributed by atoms with Gasteiger partial charge in [-0.05, 0) is 0 Å². The number of amides is 2. The van der Waals surface area contributed by atoms with Crippen molar-refractivity contribution in [3.8, 4) is 0 Å². The van der Waals surface area contributed by atoms with Crippen LogP contribution < -0.4 is 10.6 Å². The Bertz CT molecular complexity index is 419. The van der Waals surface area contributed by atoms with Crippen molar-refractivity contribution in [2.45, 2.75) is 19.4 Å². The molecule has 100 valence electrons. The summed E-state index contributed by atoms with van der Waals surface area (Å²) in [5, 5.41) is 25.4. The normalized spacial score (nSPS) is 11.9. The smallest absolute Gasteiger partial charge is 0.328 e. The van der Waals surface area contributed by atoms with Crippen LogP contribution in [0.15, 0.2) is 4.52 Å². The van der Waals surface area contributed by atoms with Crippen LogP contribution in [0.25, 0.3) is 0 Å². The van der Waals surface area contributed by atoms with Gasteiger partial charge < -0.3 is 25.4 Å². The van der Waals surface area contributed by atoms with E-state index >= 15 is 0 Å². The Kier molecular flexibility index (Phi) is 5.06. The molecular weight excluding hydrogens is 244 g/mol. The number of carbonyl (C=O) groups excluding carboxylic acids is 1. The minimum Gasteiger partial charge on any atom is -0.480 e. The lowest BCUT2D eigenvalue weighted by atomic mass is 10.3. The van der Waals surface area contributed by atoms with Crippen LogP contribution in [-0.4, -0.2) is 51.5 Å². The predicted molar refractivity (Wildman–Crippen MR) is 57.8 cm³/mol. The largest absolute Gasteiger partial charge is 0.480 e. The summed E-state index contributed by atoms with van der Waals surface area (Å²) >= 11 is 0. The molecule has 0 aliphatic carbocycles. The Morgan fingerprint density at radius 2 is 2.22 bits per heavy atom. The zero-order valence-corrected chi connectivity index (χ0v) is 9.71. The summed E-state index contributed by atoms with van der Waals surface area (Å²) in [6, 6.07) is -2.01. The number of carboxylic acids is 1. The van der Waals surface area contributed by atoms with Crippen LogP contribution in [-0.2, 0) is 11.2 Å². The predicted octanol–water partition coefficient (Wildman–Crippen LogP) is -1.33. The van der Waals surface area contributed by atoms with Crippen molar-refractivity contribution < 1.29 is 24.3 Å². The Balaban J connectivity index is 2.26. The number of hydrogen-bond donors (Lipinski definition) is 4. The molecule has 0 bridgehead atoms. The first kappa shape index (κ1) is 13.9. The zero-order valence-electron chi connectivity index (χ0n) is 9.71. The van der Waals surface area contributed by atoms with Crippen LogP contribution in [0.5, 0.6) is 0 Å². The van der Waals surface area contributed by atoms with Gasteiger partial charge in [0.05, 0.1) is 6.61 Å². The van der Waals surface area contributed by atoms with Crippen molar-refractivity contribution >= 4 is 12.0 Å². The summed E-state index contributed by atoms with van der Waals surface area (Å²) in [6.07, 6.45) is 0.363. The number of aliphatic hydroxyl groups is 1. The van der Waals surface area contributed by atoms with Crippen molar-refractivity contribution in [3.63, 3.8) is 0 Å². The lowest BCUT2D eigenvalue weighted by Crippen LogP contribution is -2.48. The van der Waals surface area contributed by atoms with Crippen LogP contribution in [0.1, 0.15) is 11.7 Å². The van der Waals surface area contributed by atoms with Gasteiger partial charge in [-0.3, -0.25) is 0 Å². The topological polar surface area (TPSA) is 138 Å². The van der Waals surface area contributed by atoms with Gasteiger partial charge in [-0.25, -0.2) is 9.59 Å². The molecule has 0 unspecified atom stereocenters. The molecule has 2 amide bonds. The number of urea groups is 1. The second-order valence-corrected chi connectivity index (χ2v) is 3.45. The molecule has 0 spiro atoms. The highest BCUT2D eigenvalue weighted by atomic mass is 16.5. The van der Waals surface area contributed by atoms with Crippen molar-refractivity contribution in [3.05, 3.63) is 11.7 Å². The Morgan fingerprint density at radius 1 is 1.50 bits per heavy atom. The van der Waals surface area contributed by atoms with E-state index in [4.69, 9.17) is 14.7 Å². The van der Waals surface area contributed by atoms with Gasteiger partial charge in [0.25, 0.3) is 0 Å². The number of carbonyl (C=O) groups is 2. The van der Waals surface area contributed by atoms with Crippen LogP contribution in [0.2, 0.25) is 0 Å². The second-order valence-electron chi connectivity index (χ2n) is 3.45. The van der Waals surface area contributed by atoms with Crippen molar-refractivity contribution in [2.75, 3.05) is 13.2 Å². The first-order valence-electron chi connectivity index (χ1n) is 5.20. The Hall–Kier alpha value is -2.16. The average molecular weight is 258 g/mol. The molecule has 1 aromatic heterocycles. The van der Waals surface area contributed by atoms with E-state index in [1.807, 2.05) is 0 Å². The molecule has 18 heavy (non-hydrogen) atoms. The van der Waals surface area contributed by atoms with Gasteiger partial charge in [0.15, 0.2) is 11.9 Å². The maximum atomic E-state index is 11.3. The van der Waals surface area contributed by atoms with E-state index in [2.05, 4.69) is 20.8 Å². The minimum absolute atomic E-state index is 0.225. The fourth-order valence-corrected chi connectivity index (χ4v) is 1.13. The van der Waals surface area contributed by atoms with Crippen molar-refractivity contribution in [2.24, 2.45) is 0 Å². The number of nitrogens with one attached hydrogen (secondary N) is 2. The highest BCUT2D eigenvalue weighted by Gasteiger charge is 2.18. The molecule has 0 saturated heterocycles. The van der Waals surface area contributed by atoms with Gasteiger partial charge in [0.2, 0.25) is 5.89 Å². The number of aromatic nitrogens is 2. The molecule has 0 saturated carbocycles. The summed E-state index contributed by atoms with van der Waals surface area (Å²) in [6.45, 7) is 1.20. The molecule has 0 aromatic carbocycles. The van der Waals surface area contributed by atoms with Crippen LogP contribution in [0.3, 0.4) is 0 Å². The van der Waals surface area contributed by atoms with Gasteiger partial charge in [-0.15, -0.1) is 0 Å². The molecule has 0 aliphatic heterocycles. The summed E-state index contributed by atoms with van der Waals surface area (Å²) in [5.74, 6) is -0.424. The maximum Gasteiger partial charge on any atom is 0.328 e. The number of nitrogens with zero attached hydrogens (tertiary/aromatic N) is 2. The molecule has 1 rings (SSSR count). The van der Waals surface area contributed by atoms with E-state index < -0.39 is 24.6 Å². The third-order valence-corrected chi connectivity index (χ3v) is 1.99. The zero-order chi connectivity index (χ0) is 13.5. The number of aliphatic hydroxyl groups excluding tert-OH is 1. The highest BCUT2D eigenvalue weighted by Crippen LogP contribution is 1.94. The molecule has 9 nitrogen and oxygen atoms in total. The third-order valence-electron chi connectivity index (χ3n) is 1.99. The standard InChI is InChI=1S/C9H14N4O5/c1-5-11-7(13-18-5)2-3-10-9(17)12-6(4-14)8(15)16/h6,14H,2-4H2,1H3,(H,15,16)(H2,10,12,17)/t6-/m0/s1. The van der Waals surface area contributed by atoms with E-state index in [1.54, 1.807) is 6.92 Å². The molecule has 0 fully saturated rings. The van der Waals surface area contributed by atoms with Crippen LogP contribution >= 0.6 is 0 Å². The van der Waals surface area contributed by atoms with Crippen molar-refractivity contribution in [1.82, 2.24) is 20.8 Å². The van der Waals surface area contributed by atoms with E-state index in [0.717, 1.165) is 0 Å². The summed E-state index contributed by atoms with van der Waals surface area (Å²) < 4.78 is 4.74. The quantitative estimate of drug-likeness (QED) is 0.495. The summed E-state index contributed by atoms with van der Waals surface area (Å²) in [7, 11) is 0. The molecule has 4 N–H and O–H groups in total. The summed E-state index contributed by atoms with van der Waals surface area (Å²) in [4.78, 5) is 25.7. The third kappa shape index (κ3) is 4.37. The number of hydrogen-bond acceptors (Lipinski definition) is 6. The monoisotopic (exact) mass is 258 g/mol. The van der Waals surface area contributed by atoms with Gasteiger partial charge in [-0.1, -0.05) is 5.16 Å². The molecule has 0 aliphatic rings. The molecule has 9 heteroatoms. The van der Waals surface area contributed by atoms with Crippen molar-refractivity contribution in [1.29, 1.82) is 0 Å². The fraction of sp³-hybridized carbons (Fsp3) is 0.556. The van der Waals surface area contributed by atoms with Crippen LogP contribution in [0.4, 0.5) is 4.79 Å². The molecule has 1 aromatic rings. The highest BCUT2D eigenvalue weighted by molar-refractivity contribution is 5.82. The molecule has 1 atom stereocenters. The lowest BCUT2D eigenvalue weighted by molar-refractivity contribution is -0.140.